The molecule has 3 aromatic rings. The quantitative estimate of drug-likeness (QED) is 0.603. The first-order valence-corrected chi connectivity index (χ1v) is 6.58. The molecule has 92 valence electrons. The maximum Gasteiger partial charge on any atom is 0.350 e. The summed E-state index contributed by atoms with van der Waals surface area (Å²) in [4.78, 5) is 11.6. The summed E-state index contributed by atoms with van der Waals surface area (Å²) in [6.07, 6.45) is 1.56. The van der Waals surface area contributed by atoms with E-state index < -0.39 is 5.63 Å². The lowest BCUT2D eigenvalue weighted by molar-refractivity contribution is 0.423. The highest BCUT2D eigenvalue weighted by atomic mass is 79.9. The summed E-state index contributed by atoms with van der Waals surface area (Å²) in [6, 6.07) is 3.48. The Morgan fingerprint density at radius 3 is 2.72 bits per heavy atom. The molecule has 0 atom stereocenters. The van der Waals surface area contributed by atoms with E-state index in [0.29, 0.717) is 31.2 Å². The zero-order valence-corrected chi connectivity index (χ0v) is 12.3. The molecule has 0 N–H and O–H groups in total. The lowest BCUT2D eigenvalue weighted by Gasteiger charge is -2.08. The third kappa shape index (κ3) is 1.52. The standard InChI is InChI=1S/C12H6Br2O4/c1-16-9-5-2-3-17-10(5)8(14)11-6(9)4-7(13)12(15)18-11/h2-4H,1H3. The minimum Gasteiger partial charge on any atom is -0.495 e. The van der Waals surface area contributed by atoms with Gasteiger partial charge in [0.25, 0.3) is 0 Å². The number of hydrogen-bond acceptors (Lipinski definition) is 4. The van der Waals surface area contributed by atoms with E-state index in [1.807, 2.05) is 0 Å². The van der Waals surface area contributed by atoms with Crippen LogP contribution in [0.3, 0.4) is 0 Å². The molecule has 4 nitrogen and oxygen atoms in total. The van der Waals surface area contributed by atoms with Gasteiger partial charge in [0.05, 0.1) is 24.1 Å². The Balaban J connectivity index is 2.65. The number of fused-ring (bicyclic) bond motifs is 2. The van der Waals surface area contributed by atoms with E-state index in [1.165, 1.54) is 0 Å². The van der Waals surface area contributed by atoms with Crippen LogP contribution < -0.4 is 10.4 Å². The molecule has 0 aliphatic carbocycles. The van der Waals surface area contributed by atoms with Gasteiger partial charge in [-0.3, -0.25) is 0 Å². The average Bonchev–Trinajstić information content (AvgIpc) is 2.82. The summed E-state index contributed by atoms with van der Waals surface area (Å²) < 4.78 is 17.0. The van der Waals surface area contributed by atoms with Crippen molar-refractivity contribution < 1.29 is 13.6 Å². The zero-order chi connectivity index (χ0) is 12.9. The van der Waals surface area contributed by atoms with E-state index in [4.69, 9.17) is 13.6 Å². The van der Waals surface area contributed by atoms with Crippen LogP contribution in [0.2, 0.25) is 0 Å². The molecular formula is C12H6Br2O4. The number of hydrogen-bond donors (Lipinski definition) is 0. The van der Waals surface area contributed by atoms with E-state index >= 15 is 0 Å². The van der Waals surface area contributed by atoms with Crippen molar-refractivity contribution in [3.8, 4) is 5.75 Å². The van der Waals surface area contributed by atoms with Crippen molar-refractivity contribution >= 4 is 53.8 Å². The molecule has 0 bridgehead atoms. The Bertz CT molecular complexity index is 816. The van der Waals surface area contributed by atoms with E-state index in [-0.39, 0.29) is 0 Å². The molecule has 0 spiro atoms. The maximum atomic E-state index is 11.6. The van der Waals surface area contributed by atoms with Crippen LogP contribution in [-0.4, -0.2) is 7.11 Å². The molecular weight excluding hydrogens is 368 g/mol. The Morgan fingerprint density at radius 1 is 1.22 bits per heavy atom. The fraction of sp³-hybridized carbons (Fsp3) is 0.0833. The van der Waals surface area contributed by atoms with Crippen molar-refractivity contribution in [1.29, 1.82) is 0 Å². The van der Waals surface area contributed by atoms with Gasteiger partial charge >= 0.3 is 5.63 Å². The van der Waals surface area contributed by atoms with E-state index in [0.717, 1.165) is 5.39 Å². The van der Waals surface area contributed by atoms with Gasteiger partial charge in [-0.05, 0) is 44.0 Å². The number of ether oxygens (including phenoxy) is 1. The molecule has 0 amide bonds. The van der Waals surface area contributed by atoms with Crippen LogP contribution in [0.1, 0.15) is 0 Å². The summed E-state index contributed by atoms with van der Waals surface area (Å²) in [6.45, 7) is 0. The van der Waals surface area contributed by atoms with Gasteiger partial charge in [-0.15, -0.1) is 0 Å². The molecule has 0 radical (unpaired) electrons. The van der Waals surface area contributed by atoms with Gasteiger partial charge in [-0.2, -0.15) is 0 Å². The van der Waals surface area contributed by atoms with E-state index in [2.05, 4.69) is 31.9 Å². The first-order chi connectivity index (χ1) is 8.63. The fourth-order valence-electron chi connectivity index (χ4n) is 1.91. The van der Waals surface area contributed by atoms with Crippen LogP contribution >= 0.6 is 31.9 Å². The van der Waals surface area contributed by atoms with Gasteiger partial charge in [-0.1, -0.05) is 0 Å². The topological polar surface area (TPSA) is 52.6 Å². The van der Waals surface area contributed by atoms with Crippen LogP contribution in [0.4, 0.5) is 0 Å². The molecule has 6 heteroatoms. The third-order valence-corrected chi connectivity index (χ3v) is 3.94. The number of benzene rings is 1. The molecule has 0 saturated heterocycles. The van der Waals surface area contributed by atoms with Crippen molar-refractivity contribution in [2.24, 2.45) is 0 Å². The highest BCUT2D eigenvalue weighted by Crippen LogP contribution is 2.41. The van der Waals surface area contributed by atoms with Gasteiger partial charge in [0.15, 0.2) is 11.2 Å². The van der Waals surface area contributed by atoms with Crippen molar-refractivity contribution in [2.45, 2.75) is 0 Å². The second-order valence-electron chi connectivity index (χ2n) is 3.64. The molecule has 0 fully saturated rings. The minimum absolute atomic E-state index is 0.350. The number of halogens is 2. The predicted molar refractivity (Wildman–Crippen MR) is 74.2 cm³/mol. The lowest BCUT2D eigenvalue weighted by Crippen LogP contribution is -2.00. The first-order valence-electron chi connectivity index (χ1n) is 4.99. The monoisotopic (exact) mass is 372 g/mol. The predicted octanol–water partition coefficient (Wildman–Crippen LogP) is 4.07. The molecule has 0 aliphatic heterocycles. The van der Waals surface area contributed by atoms with E-state index in [9.17, 15) is 4.79 Å². The van der Waals surface area contributed by atoms with Gasteiger partial charge in [-0.25, -0.2) is 4.79 Å². The van der Waals surface area contributed by atoms with Crippen molar-refractivity contribution in [2.75, 3.05) is 7.11 Å². The summed E-state index contributed by atoms with van der Waals surface area (Å²) >= 11 is 6.54. The number of methoxy groups -OCH3 is 1. The Labute approximate surface area is 118 Å². The van der Waals surface area contributed by atoms with Crippen LogP contribution in [0.25, 0.3) is 21.9 Å². The Hall–Kier alpha value is -1.27. The average molecular weight is 374 g/mol. The van der Waals surface area contributed by atoms with Crippen molar-refractivity contribution in [3.05, 3.63) is 37.8 Å². The summed E-state index contributed by atoms with van der Waals surface area (Å²) in [5, 5.41) is 1.52. The molecule has 0 unspecified atom stereocenters. The smallest absolute Gasteiger partial charge is 0.350 e. The van der Waals surface area contributed by atoms with Crippen molar-refractivity contribution in [3.63, 3.8) is 0 Å². The lowest BCUT2D eigenvalue weighted by atomic mass is 10.1. The second-order valence-corrected chi connectivity index (χ2v) is 5.28. The summed E-state index contributed by atoms with van der Waals surface area (Å²) in [5.74, 6) is 0.612. The van der Waals surface area contributed by atoms with Crippen LogP contribution in [0, 0.1) is 0 Å². The summed E-state index contributed by atoms with van der Waals surface area (Å²) in [7, 11) is 1.56. The fourth-order valence-corrected chi connectivity index (χ4v) is 2.82. The molecule has 0 saturated carbocycles. The van der Waals surface area contributed by atoms with Gasteiger partial charge in [0.2, 0.25) is 0 Å². The molecule has 18 heavy (non-hydrogen) atoms. The normalized spacial score (nSPS) is 11.3. The molecule has 0 aliphatic rings. The van der Waals surface area contributed by atoms with E-state index in [1.54, 1.807) is 25.5 Å². The molecule has 2 aromatic heterocycles. The number of furan rings is 1. The van der Waals surface area contributed by atoms with Gasteiger partial charge < -0.3 is 13.6 Å². The van der Waals surface area contributed by atoms with Crippen molar-refractivity contribution in [1.82, 2.24) is 0 Å². The Kier molecular flexibility index (Phi) is 2.71. The van der Waals surface area contributed by atoms with Gasteiger partial charge in [0.1, 0.15) is 14.7 Å². The highest BCUT2D eigenvalue weighted by molar-refractivity contribution is 9.11. The van der Waals surface area contributed by atoms with Gasteiger partial charge in [0, 0.05) is 0 Å². The molecule has 1 aromatic carbocycles. The Morgan fingerprint density at radius 2 is 2.00 bits per heavy atom. The number of rotatable bonds is 1. The largest absolute Gasteiger partial charge is 0.495 e. The SMILES string of the molecule is COc1c2ccoc2c(Br)c2oc(=O)c(Br)cc12. The third-order valence-electron chi connectivity index (χ3n) is 2.66. The molecule has 2 heterocycles. The van der Waals surface area contributed by atoms with Crippen LogP contribution in [0.5, 0.6) is 5.75 Å². The van der Waals surface area contributed by atoms with Crippen LogP contribution in [-0.2, 0) is 0 Å². The maximum absolute atomic E-state index is 11.6. The highest BCUT2D eigenvalue weighted by Gasteiger charge is 2.18. The summed E-state index contributed by atoms with van der Waals surface area (Å²) in [5.41, 5.74) is 0.545. The molecule has 3 rings (SSSR count). The first kappa shape index (κ1) is 11.8. The van der Waals surface area contributed by atoms with Crippen LogP contribution in [0.15, 0.2) is 41.0 Å². The minimum atomic E-state index is -0.448. The zero-order valence-electron chi connectivity index (χ0n) is 9.12. The second kappa shape index (κ2) is 4.13.